The lowest BCUT2D eigenvalue weighted by atomic mass is 10.2. The molecule has 0 aliphatic carbocycles. The maximum Gasteiger partial charge on any atom is 0.187 e. The van der Waals surface area contributed by atoms with Gasteiger partial charge in [-0.25, -0.2) is 8.78 Å². The Kier molecular flexibility index (Phi) is 6.73. The maximum atomic E-state index is 13.1. The van der Waals surface area contributed by atoms with Gasteiger partial charge in [-0.15, -0.1) is 0 Å². The maximum absolute atomic E-state index is 13.1. The van der Waals surface area contributed by atoms with Gasteiger partial charge in [0.25, 0.3) is 0 Å². The van der Waals surface area contributed by atoms with Crippen molar-refractivity contribution in [3.05, 3.63) is 29.3 Å². The average Bonchev–Trinajstić information content (AvgIpc) is 2.34. The summed E-state index contributed by atoms with van der Waals surface area (Å²) in [6.07, 6.45) is 0.843. The number of rotatable bonds is 8. The standard InChI is InChI=1S/C14H21F2NO2/c1-10(2)9-19-5-3-4-17-8-11-6-12(15)14(18)13(16)7-11/h6-7,10,17-18H,3-5,8-9H2,1-2H3. The van der Waals surface area contributed by atoms with Gasteiger partial charge in [0.2, 0.25) is 0 Å². The van der Waals surface area contributed by atoms with E-state index in [-0.39, 0.29) is 0 Å². The predicted octanol–water partition coefficient (Wildman–Crippen LogP) is 2.82. The van der Waals surface area contributed by atoms with Gasteiger partial charge in [-0.05, 0) is 36.6 Å². The molecule has 0 amide bonds. The third-order valence-corrected chi connectivity index (χ3v) is 2.50. The fourth-order valence-electron chi connectivity index (χ4n) is 1.57. The number of halogens is 2. The molecule has 2 N–H and O–H groups in total. The Hall–Kier alpha value is -1.20. The number of phenols is 1. The molecule has 0 saturated heterocycles. The summed E-state index contributed by atoms with van der Waals surface area (Å²) in [4.78, 5) is 0. The van der Waals surface area contributed by atoms with Crippen LogP contribution in [0.3, 0.4) is 0 Å². The molecule has 0 aliphatic rings. The van der Waals surface area contributed by atoms with Crippen LogP contribution in [0, 0.1) is 17.6 Å². The lowest BCUT2D eigenvalue weighted by Crippen LogP contribution is -2.17. The zero-order valence-corrected chi connectivity index (χ0v) is 11.4. The zero-order chi connectivity index (χ0) is 14.3. The molecule has 0 radical (unpaired) electrons. The minimum absolute atomic E-state index is 0.359. The van der Waals surface area contributed by atoms with Crippen molar-refractivity contribution < 1.29 is 18.6 Å². The highest BCUT2D eigenvalue weighted by atomic mass is 19.1. The second-order valence-corrected chi connectivity index (χ2v) is 4.91. The zero-order valence-electron chi connectivity index (χ0n) is 11.4. The molecule has 0 aromatic heterocycles. The van der Waals surface area contributed by atoms with Crippen molar-refractivity contribution in [2.24, 2.45) is 5.92 Å². The summed E-state index contributed by atoms with van der Waals surface area (Å²) >= 11 is 0. The summed E-state index contributed by atoms with van der Waals surface area (Å²) in [6, 6.07) is 2.25. The minimum Gasteiger partial charge on any atom is -0.503 e. The van der Waals surface area contributed by atoms with Gasteiger partial charge in [0.05, 0.1) is 0 Å². The van der Waals surface area contributed by atoms with E-state index in [1.54, 1.807) is 0 Å². The fourth-order valence-corrected chi connectivity index (χ4v) is 1.57. The molecule has 108 valence electrons. The Labute approximate surface area is 112 Å². The van der Waals surface area contributed by atoms with Gasteiger partial charge in [0.1, 0.15) is 0 Å². The van der Waals surface area contributed by atoms with E-state index < -0.39 is 17.4 Å². The van der Waals surface area contributed by atoms with Gasteiger partial charge in [-0.1, -0.05) is 13.8 Å². The van der Waals surface area contributed by atoms with Gasteiger partial charge in [-0.3, -0.25) is 0 Å². The monoisotopic (exact) mass is 273 g/mol. The molecule has 1 rings (SSSR count). The van der Waals surface area contributed by atoms with Gasteiger partial charge in [-0.2, -0.15) is 0 Å². The Morgan fingerprint density at radius 3 is 2.47 bits per heavy atom. The van der Waals surface area contributed by atoms with Crippen LogP contribution in [0.25, 0.3) is 0 Å². The third-order valence-electron chi connectivity index (χ3n) is 2.50. The molecule has 0 unspecified atom stereocenters. The number of phenolic OH excluding ortho intramolecular Hbond substituents is 1. The molecule has 1 aromatic rings. The molecule has 0 bridgehead atoms. The van der Waals surface area contributed by atoms with E-state index >= 15 is 0 Å². The highest BCUT2D eigenvalue weighted by Crippen LogP contribution is 2.21. The van der Waals surface area contributed by atoms with Crippen LogP contribution in [0.5, 0.6) is 5.75 Å². The first-order valence-electron chi connectivity index (χ1n) is 6.46. The molecule has 0 atom stereocenters. The quantitative estimate of drug-likeness (QED) is 0.716. The van der Waals surface area contributed by atoms with E-state index in [2.05, 4.69) is 19.2 Å². The second kappa shape index (κ2) is 8.07. The Balaban J connectivity index is 2.19. The Morgan fingerprint density at radius 1 is 1.26 bits per heavy atom. The SMILES string of the molecule is CC(C)COCCCNCc1cc(F)c(O)c(F)c1. The van der Waals surface area contributed by atoms with Crippen LogP contribution in [-0.2, 0) is 11.3 Å². The van der Waals surface area contributed by atoms with Crippen LogP contribution < -0.4 is 5.32 Å². The normalized spacial score (nSPS) is 11.2. The molecule has 3 nitrogen and oxygen atoms in total. The van der Waals surface area contributed by atoms with Crippen molar-refractivity contribution in [2.75, 3.05) is 19.8 Å². The molecule has 0 spiro atoms. The Morgan fingerprint density at radius 2 is 1.89 bits per heavy atom. The Bertz CT molecular complexity index is 374. The van der Waals surface area contributed by atoms with Crippen molar-refractivity contribution in [2.45, 2.75) is 26.8 Å². The van der Waals surface area contributed by atoms with Gasteiger partial charge in [0.15, 0.2) is 17.4 Å². The average molecular weight is 273 g/mol. The van der Waals surface area contributed by atoms with Crippen LogP contribution in [0.4, 0.5) is 8.78 Å². The van der Waals surface area contributed by atoms with Crippen molar-refractivity contribution in [1.82, 2.24) is 5.32 Å². The van der Waals surface area contributed by atoms with E-state index in [0.29, 0.717) is 31.2 Å². The number of aromatic hydroxyl groups is 1. The number of benzene rings is 1. The van der Waals surface area contributed by atoms with Gasteiger partial charge >= 0.3 is 0 Å². The van der Waals surface area contributed by atoms with Crippen LogP contribution in [0.1, 0.15) is 25.8 Å². The third kappa shape index (κ3) is 5.98. The van der Waals surface area contributed by atoms with E-state index in [1.165, 1.54) is 0 Å². The minimum atomic E-state index is -0.933. The molecule has 0 fully saturated rings. The molecular formula is C14H21F2NO2. The van der Waals surface area contributed by atoms with Gasteiger partial charge in [0, 0.05) is 19.8 Å². The summed E-state index contributed by atoms with van der Waals surface area (Å²) in [5.41, 5.74) is 0.468. The lowest BCUT2D eigenvalue weighted by Gasteiger charge is -2.08. The largest absolute Gasteiger partial charge is 0.503 e. The van der Waals surface area contributed by atoms with Crippen molar-refractivity contribution >= 4 is 0 Å². The molecule has 0 heterocycles. The molecule has 0 saturated carbocycles. The lowest BCUT2D eigenvalue weighted by molar-refractivity contribution is 0.108. The number of ether oxygens (including phenoxy) is 1. The number of hydrogen-bond acceptors (Lipinski definition) is 3. The fraction of sp³-hybridized carbons (Fsp3) is 0.571. The highest BCUT2D eigenvalue weighted by molar-refractivity contribution is 5.29. The molecule has 1 aromatic carbocycles. The van der Waals surface area contributed by atoms with E-state index in [1.807, 2.05) is 0 Å². The van der Waals surface area contributed by atoms with E-state index in [4.69, 9.17) is 9.84 Å². The smallest absolute Gasteiger partial charge is 0.187 e. The van der Waals surface area contributed by atoms with Crippen molar-refractivity contribution in [1.29, 1.82) is 0 Å². The summed E-state index contributed by atoms with van der Waals surface area (Å²) in [5.74, 6) is -2.27. The first kappa shape index (κ1) is 15.9. The summed E-state index contributed by atoms with van der Waals surface area (Å²) < 4.78 is 31.5. The van der Waals surface area contributed by atoms with Crippen LogP contribution in [-0.4, -0.2) is 24.9 Å². The molecule has 5 heteroatoms. The van der Waals surface area contributed by atoms with E-state index in [0.717, 1.165) is 25.2 Å². The molecule has 0 aliphatic heterocycles. The van der Waals surface area contributed by atoms with Crippen LogP contribution in [0.15, 0.2) is 12.1 Å². The van der Waals surface area contributed by atoms with Crippen LogP contribution in [0.2, 0.25) is 0 Å². The van der Waals surface area contributed by atoms with Crippen LogP contribution >= 0.6 is 0 Å². The van der Waals surface area contributed by atoms with Crippen molar-refractivity contribution in [3.8, 4) is 5.75 Å². The predicted molar refractivity (Wildman–Crippen MR) is 70.0 cm³/mol. The van der Waals surface area contributed by atoms with Crippen molar-refractivity contribution in [3.63, 3.8) is 0 Å². The topological polar surface area (TPSA) is 41.5 Å². The first-order valence-corrected chi connectivity index (χ1v) is 6.46. The number of nitrogens with one attached hydrogen (secondary N) is 1. The summed E-state index contributed by atoms with van der Waals surface area (Å²) in [5, 5.41) is 12.0. The second-order valence-electron chi connectivity index (χ2n) is 4.91. The summed E-state index contributed by atoms with van der Waals surface area (Å²) in [6.45, 7) is 6.66. The summed E-state index contributed by atoms with van der Waals surface area (Å²) in [7, 11) is 0. The molecular weight excluding hydrogens is 252 g/mol. The van der Waals surface area contributed by atoms with E-state index in [9.17, 15) is 8.78 Å². The number of hydrogen-bond donors (Lipinski definition) is 2. The van der Waals surface area contributed by atoms with Gasteiger partial charge < -0.3 is 15.2 Å². The molecule has 19 heavy (non-hydrogen) atoms. The first-order chi connectivity index (χ1) is 9.00. The highest BCUT2D eigenvalue weighted by Gasteiger charge is 2.08.